The molecule has 0 N–H and O–H groups in total. The summed E-state index contributed by atoms with van der Waals surface area (Å²) in [5, 5.41) is 11.7. The van der Waals surface area contributed by atoms with Crippen molar-refractivity contribution < 1.29 is 8.83 Å². The Bertz CT molecular complexity index is 5370. The zero-order chi connectivity index (χ0) is 54.5. The number of benzene rings is 13. The van der Waals surface area contributed by atoms with Gasteiger partial charge in [-0.2, -0.15) is 0 Å². The van der Waals surface area contributed by atoms with Crippen LogP contribution in [0.4, 0.5) is 51.2 Å². The first kappa shape index (κ1) is 47.4. The first-order valence-corrected chi connectivity index (χ1v) is 29.6. The third kappa shape index (κ3) is 7.81. The topological polar surface area (TPSA) is 36.0 Å². The smallest absolute Gasteiger partial charge is 0.137 e. The van der Waals surface area contributed by atoms with Gasteiger partial charge in [0.1, 0.15) is 22.3 Å². The van der Waals surface area contributed by atoms with Gasteiger partial charge in [0.05, 0.1) is 10.4 Å². The van der Waals surface area contributed by atoms with E-state index in [1.54, 1.807) is 0 Å². The molecule has 7 heteroatoms. The van der Waals surface area contributed by atoms with Crippen molar-refractivity contribution in [1.29, 1.82) is 0 Å². The second-order valence-corrected chi connectivity index (χ2v) is 23.3. The van der Waals surface area contributed by atoms with Crippen LogP contribution in [-0.2, 0) is 0 Å². The van der Waals surface area contributed by atoms with Crippen LogP contribution in [0, 0.1) is 0 Å². The normalized spacial score (nSPS) is 11.9. The Kier molecular flexibility index (Phi) is 10.9. The van der Waals surface area contributed by atoms with Gasteiger partial charge in [-0.05, 0) is 144 Å². The van der Waals surface area contributed by atoms with Gasteiger partial charge in [0.25, 0.3) is 0 Å². The van der Waals surface area contributed by atoms with Crippen LogP contribution < -0.4 is 14.7 Å². The van der Waals surface area contributed by atoms with E-state index in [2.05, 4.69) is 282 Å². The predicted octanol–water partition coefficient (Wildman–Crippen LogP) is 23.5. The maximum absolute atomic E-state index is 6.65. The molecule has 0 radical (unpaired) electrons. The summed E-state index contributed by atoms with van der Waals surface area (Å²) in [5.74, 6) is 0. The lowest BCUT2D eigenvalue weighted by Gasteiger charge is -2.30. The molecule has 0 fully saturated rings. The van der Waals surface area contributed by atoms with Crippen molar-refractivity contribution in [2.75, 3.05) is 14.7 Å². The van der Waals surface area contributed by atoms with Crippen molar-refractivity contribution in [3.05, 3.63) is 285 Å². The van der Waals surface area contributed by atoms with Gasteiger partial charge in [-0.1, -0.05) is 146 Å². The molecule has 0 saturated heterocycles. The maximum atomic E-state index is 6.65. The molecule has 13 aromatic carbocycles. The summed E-state index contributed by atoms with van der Waals surface area (Å²) in [5.41, 5.74) is 15.1. The van der Waals surface area contributed by atoms with E-state index in [1.807, 2.05) is 40.9 Å². The van der Waals surface area contributed by atoms with Crippen molar-refractivity contribution in [2.45, 2.75) is 0 Å². The van der Waals surface area contributed by atoms with Gasteiger partial charge in [0.15, 0.2) is 0 Å². The molecule has 17 aromatic rings. The number of fused-ring (bicyclic) bond motifs is 14. The van der Waals surface area contributed by atoms with Crippen LogP contribution in [0.3, 0.4) is 0 Å². The van der Waals surface area contributed by atoms with Crippen LogP contribution in [0.1, 0.15) is 0 Å². The van der Waals surface area contributed by atoms with E-state index in [-0.39, 0.29) is 0 Å². The minimum absolute atomic E-state index is 0.842. The van der Waals surface area contributed by atoms with Crippen LogP contribution in [0.25, 0.3) is 106 Å². The van der Waals surface area contributed by atoms with Gasteiger partial charge < -0.3 is 23.5 Å². The standard InChI is InChI=1S/C76H47N3O2S2/c1-4-20-49(21-5-1)77(54-35-38-60-58-28-12-15-32-69(58)80-71(60)45-54)52-26-18-19-48(41-52)64-47-67-66-43-56(78(50-22-6-2-7-23-50)53-37-40-74-65(42-53)62-30-14-17-34-73(62)82-74)44-68(76(66)83-75(67)63-31-11-10-27-57(63)64)79(51-24-8-3-9-25-51)55-36-39-61-59-29-13-16-33-70(59)81-72(61)46-55/h1-47H. The SMILES string of the molecule is c1ccc(N(c2cccc(-c3cc4c5cc(N(c6ccccc6)c6ccc7sc8ccccc8c7c6)cc(N(c6ccccc6)c6ccc7c(c6)oc6ccccc67)c5sc4c4ccccc34)c2)c2ccc3c(c2)oc2ccccc23)cc1. The Labute approximate surface area is 485 Å². The molecule has 17 rings (SSSR count). The highest BCUT2D eigenvalue weighted by molar-refractivity contribution is 7.27. The van der Waals surface area contributed by atoms with Crippen LogP contribution in [0.2, 0.25) is 0 Å². The highest BCUT2D eigenvalue weighted by atomic mass is 32.1. The molecular formula is C76H47N3O2S2. The summed E-state index contributed by atoms with van der Waals surface area (Å²) in [6.07, 6.45) is 0. The molecule has 0 atom stereocenters. The van der Waals surface area contributed by atoms with E-state index in [9.17, 15) is 0 Å². The summed E-state index contributed by atoms with van der Waals surface area (Å²) in [6.45, 7) is 0. The van der Waals surface area contributed by atoms with E-state index >= 15 is 0 Å². The third-order valence-electron chi connectivity index (χ3n) is 16.4. The molecule has 5 nitrogen and oxygen atoms in total. The van der Waals surface area contributed by atoms with Crippen molar-refractivity contribution >= 4 is 169 Å². The summed E-state index contributed by atoms with van der Waals surface area (Å²) in [7, 11) is 0. The predicted molar refractivity (Wildman–Crippen MR) is 354 cm³/mol. The van der Waals surface area contributed by atoms with Crippen LogP contribution in [0.15, 0.2) is 294 Å². The number of furan rings is 2. The monoisotopic (exact) mass is 1100 g/mol. The number of rotatable bonds is 10. The Morgan fingerprint density at radius 1 is 0.229 bits per heavy atom. The number of hydrogen-bond acceptors (Lipinski definition) is 7. The molecule has 0 amide bonds. The lowest BCUT2D eigenvalue weighted by molar-refractivity contribution is 0.668. The average molecular weight is 1100 g/mol. The second kappa shape index (κ2) is 19.1. The Morgan fingerprint density at radius 2 is 0.687 bits per heavy atom. The van der Waals surface area contributed by atoms with Crippen molar-refractivity contribution in [3.8, 4) is 11.1 Å². The number of para-hydroxylation sites is 5. The molecule has 0 bridgehead atoms. The van der Waals surface area contributed by atoms with Gasteiger partial charge in [-0.3, -0.25) is 0 Å². The lowest BCUT2D eigenvalue weighted by atomic mass is 9.94. The van der Waals surface area contributed by atoms with E-state index in [4.69, 9.17) is 8.83 Å². The van der Waals surface area contributed by atoms with E-state index < -0.39 is 0 Å². The first-order chi connectivity index (χ1) is 41.1. The highest BCUT2D eigenvalue weighted by Crippen LogP contribution is 2.53. The van der Waals surface area contributed by atoms with Crippen LogP contribution in [0.5, 0.6) is 0 Å². The van der Waals surface area contributed by atoms with Gasteiger partial charge in [0.2, 0.25) is 0 Å². The second-order valence-electron chi connectivity index (χ2n) is 21.2. The highest BCUT2D eigenvalue weighted by Gasteiger charge is 2.26. The minimum atomic E-state index is 0.842. The Hall–Kier alpha value is -10.4. The van der Waals surface area contributed by atoms with Gasteiger partial charge >= 0.3 is 0 Å². The maximum Gasteiger partial charge on any atom is 0.137 e. The molecule has 0 aliphatic heterocycles. The summed E-state index contributed by atoms with van der Waals surface area (Å²) < 4.78 is 18.1. The molecule has 390 valence electrons. The van der Waals surface area contributed by atoms with Crippen molar-refractivity contribution in [2.24, 2.45) is 0 Å². The fourth-order valence-electron chi connectivity index (χ4n) is 12.6. The van der Waals surface area contributed by atoms with E-state index in [1.165, 1.54) is 51.1 Å². The third-order valence-corrected chi connectivity index (χ3v) is 18.8. The van der Waals surface area contributed by atoms with Gasteiger partial charge in [-0.15, -0.1) is 22.7 Å². The molecule has 0 aliphatic carbocycles. The molecule has 0 saturated carbocycles. The molecule has 83 heavy (non-hydrogen) atoms. The summed E-state index contributed by atoms with van der Waals surface area (Å²) in [4.78, 5) is 7.21. The van der Waals surface area contributed by atoms with Gasteiger partial charge in [-0.25, -0.2) is 0 Å². The number of nitrogens with zero attached hydrogens (tertiary/aromatic N) is 3. The zero-order valence-corrected chi connectivity index (χ0v) is 46.2. The van der Waals surface area contributed by atoms with Crippen LogP contribution in [-0.4, -0.2) is 0 Å². The fraction of sp³-hybridized carbons (Fsp3) is 0. The Morgan fingerprint density at radius 3 is 1.35 bits per heavy atom. The minimum Gasteiger partial charge on any atom is -0.456 e. The molecular weight excluding hydrogens is 1050 g/mol. The fourth-order valence-corrected chi connectivity index (χ4v) is 15.0. The molecule has 0 spiro atoms. The van der Waals surface area contributed by atoms with Gasteiger partial charge in [0, 0.05) is 120 Å². The van der Waals surface area contributed by atoms with E-state index in [0.29, 0.717) is 0 Å². The zero-order valence-electron chi connectivity index (χ0n) is 44.6. The Balaban J connectivity index is 0.921. The molecule has 4 heterocycles. The number of hydrogen-bond donors (Lipinski definition) is 0. The number of anilines is 9. The number of thiophene rings is 2. The van der Waals surface area contributed by atoms with Crippen molar-refractivity contribution in [1.82, 2.24) is 0 Å². The first-order valence-electron chi connectivity index (χ1n) is 28.0. The molecule has 4 aromatic heterocycles. The average Bonchev–Trinajstić information content (AvgIpc) is 2.83. The van der Waals surface area contributed by atoms with E-state index in [0.717, 1.165) is 106 Å². The quantitative estimate of drug-likeness (QED) is 0.136. The molecule has 0 unspecified atom stereocenters. The van der Waals surface area contributed by atoms with Crippen LogP contribution >= 0.6 is 22.7 Å². The lowest BCUT2D eigenvalue weighted by Crippen LogP contribution is -2.13. The summed E-state index contributed by atoms with van der Waals surface area (Å²) in [6, 6.07) is 103. The molecule has 0 aliphatic rings. The summed E-state index contributed by atoms with van der Waals surface area (Å²) >= 11 is 3.71. The van der Waals surface area contributed by atoms with Crippen molar-refractivity contribution in [3.63, 3.8) is 0 Å². The largest absolute Gasteiger partial charge is 0.456 e.